The molecule has 0 spiro atoms. The van der Waals surface area contributed by atoms with Crippen LogP contribution < -0.4 is 4.74 Å². The zero-order chi connectivity index (χ0) is 20.6. The van der Waals surface area contributed by atoms with Crippen LogP contribution in [0.1, 0.15) is 12.5 Å². The Morgan fingerprint density at radius 1 is 1.10 bits per heavy atom. The Morgan fingerprint density at radius 3 is 2.52 bits per heavy atom. The van der Waals surface area contributed by atoms with E-state index in [0.717, 1.165) is 44.0 Å². The third-order valence-corrected chi connectivity index (χ3v) is 5.42. The predicted molar refractivity (Wildman–Crippen MR) is 112 cm³/mol. The summed E-state index contributed by atoms with van der Waals surface area (Å²) in [6.45, 7) is 7.46. The molecule has 1 unspecified atom stereocenters. The van der Waals surface area contributed by atoms with E-state index in [1.807, 2.05) is 43.3 Å². The van der Waals surface area contributed by atoms with Gasteiger partial charge in [0.2, 0.25) is 5.91 Å². The lowest BCUT2D eigenvalue weighted by Gasteiger charge is -2.38. The van der Waals surface area contributed by atoms with E-state index in [1.54, 1.807) is 18.0 Å². The lowest BCUT2D eigenvalue weighted by atomic mass is 10.1. The zero-order valence-electron chi connectivity index (χ0n) is 17.3. The third kappa shape index (κ3) is 6.27. The van der Waals surface area contributed by atoms with Crippen LogP contribution in [0.25, 0.3) is 0 Å². The average molecular weight is 400 g/mol. The second kappa shape index (κ2) is 10.4. The van der Waals surface area contributed by atoms with Gasteiger partial charge in [0.15, 0.2) is 0 Å². The highest BCUT2D eigenvalue weighted by atomic mass is 19.1. The molecular weight excluding hydrogens is 369 g/mol. The summed E-state index contributed by atoms with van der Waals surface area (Å²) in [5.74, 6) is 0.686. The number of ether oxygens (including phenoxy) is 1. The van der Waals surface area contributed by atoms with Gasteiger partial charge in [-0.25, -0.2) is 4.39 Å². The fraction of sp³-hybridized carbons (Fsp3) is 0.435. The molecule has 3 rings (SSSR count). The average Bonchev–Trinajstić information content (AvgIpc) is 2.74. The normalized spacial score (nSPS) is 16.4. The van der Waals surface area contributed by atoms with E-state index in [0.29, 0.717) is 13.2 Å². The van der Waals surface area contributed by atoms with E-state index in [1.165, 1.54) is 12.1 Å². The number of piperazine rings is 1. The molecule has 1 atom stereocenters. The molecular formula is C23H30FN3O2. The molecule has 2 aromatic carbocycles. The molecule has 2 aromatic rings. The van der Waals surface area contributed by atoms with Crippen LogP contribution in [0.15, 0.2) is 54.6 Å². The minimum atomic E-state index is -0.274. The van der Waals surface area contributed by atoms with Crippen LogP contribution in [0.5, 0.6) is 5.75 Å². The second-order valence-corrected chi connectivity index (χ2v) is 7.54. The summed E-state index contributed by atoms with van der Waals surface area (Å²) in [5.41, 5.74) is 0.802. The zero-order valence-corrected chi connectivity index (χ0v) is 17.3. The van der Waals surface area contributed by atoms with Crippen molar-refractivity contribution < 1.29 is 13.9 Å². The van der Waals surface area contributed by atoms with E-state index in [9.17, 15) is 9.18 Å². The number of halogens is 1. The molecule has 0 aliphatic carbocycles. The standard InChI is InChI=1S/C23H30FN3O2/c1-19(23(28)25(2)18-20-7-6-8-21(24)17-20)27-13-11-26(12-14-27)15-16-29-22-9-4-3-5-10-22/h3-10,17,19H,11-16,18H2,1-2H3. The number of hydrogen-bond donors (Lipinski definition) is 0. The first-order valence-corrected chi connectivity index (χ1v) is 10.2. The van der Waals surface area contributed by atoms with Gasteiger partial charge < -0.3 is 9.64 Å². The Bertz CT molecular complexity index is 779. The van der Waals surface area contributed by atoms with Gasteiger partial charge in [0.05, 0.1) is 6.04 Å². The van der Waals surface area contributed by atoms with E-state index in [4.69, 9.17) is 4.74 Å². The number of amides is 1. The van der Waals surface area contributed by atoms with E-state index >= 15 is 0 Å². The third-order valence-electron chi connectivity index (χ3n) is 5.42. The molecule has 6 heteroatoms. The largest absolute Gasteiger partial charge is 0.492 e. The summed E-state index contributed by atoms with van der Waals surface area (Å²) >= 11 is 0. The van der Waals surface area contributed by atoms with Crippen molar-refractivity contribution in [3.05, 3.63) is 66.0 Å². The van der Waals surface area contributed by atoms with E-state index in [2.05, 4.69) is 9.80 Å². The van der Waals surface area contributed by atoms with Gasteiger partial charge in [-0.1, -0.05) is 30.3 Å². The Kier molecular flexibility index (Phi) is 7.61. The highest BCUT2D eigenvalue weighted by Gasteiger charge is 2.27. The van der Waals surface area contributed by atoms with Gasteiger partial charge in [-0.15, -0.1) is 0 Å². The Morgan fingerprint density at radius 2 is 1.83 bits per heavy atom. The summed E-state index contributed by atoms with van der Waals surface area (Å²) in [6, 6.07) is 16.1. The van der Waals surface area contributed by atoms with Gasteiger partial charge in [-0.2, -0.15) is 0 Å². The number of rotatable bonds is 8. The van der Waals surface area contributed by atoms with E-state index < -0.39 is 0 Å². The van der Waals surface area contributed by atoms with Crippen LogP contribution >= 0.6 is 0 Å². The molecule has 0 aromatic heterocycles. The molecule has 0 saturated carbocycles. The minimum Gasteiger partial charge on any atom is -0.492 e. The minimum absolute atomic E-state index is 0.0649. The van der Waals surface area contributed by atoms with Gasteiger partial charge in [0.1, 0.15) is 18.2 Å². The van der Waals surface area contributed by atoms with Crippen LogP contribution in [0.3, 0.4) is 0 Å². The van der Waals surface area contributed by atoms with Gasteiger partial charge in [0.25, 0.3) is 0 Å². The monoisotopic (exact) mass is 399 g/mol. The number of hydrogen-bond acceptors (Lipinski definition) is 4. The van der Waals surface area contributed by atoms with Gasteiger partial charge in [-0.3, -0.25) is 14.6 Å². The number of likely N-dealkylation sites (N-methyl/N-ethyl adjacent to an activating group) is 1. The molecule has 1 aliphatic rings. The van der Waals surface area contributed by atoms with Gasteiger partial charge in [-0.05, 0) is 36.8 Å². The maximum Gasteiger partial charge on any atom is 0.239 e. The molecule has 156 valence electrons. The predicted octanol–water partition coefficient (Wildman–Crippen LogP) is 2.87. The Labute approximate surface area is 172 Å². The first-order chi connectivity index (χ1) is 14.0. The molecule has 5 nitrogen and oxygen atoms in total. The van der Waals surface area contributed by atoms with Crippen LogP contribution in [-0.4, -0.2) is 73.0 Å². The van der Waals surface area contributed by atoms with Crippen LogP contribution in [-0.2, 0) is 11.3 Å². The van der Waals surface area contributed by atoms with Crippen molar-refractivity contribution in [3.8, 4) is 5.75 Å². The van der Waals surface area contributed by atoms with Crippen molar-refractivity contribution in [2.75, 3.05) is 46.4 Å². The fourth-order valence-electron chi connectivity index (χ4n) is 3.65. The van der Waals surface area contributed by atoms with Crippen molar-refractivity contribution in [3.63, 3.8) is 0 Å². The molecule has 0 radical (unpaired) electrons. The van der Waals surface area contributed by atoms with Crippen molar-refractivity contribution in [1.29, 1.82) is 0 Å². The van der Waals surface area contributed by atoms with Crippen LogP contribution in [0.2, 0.25) is 0 Å². The van der Waals surface area contributed by atoms with Crippen LogP contribution in [0.4, 0.5) is 4.39 Å². The summed E-state index contributed by atoms with van der Waals surface area (Å²) in [4.78, 5) is 19.1. The highest BCUT2D eigenvalue weighted by molar-refractivity contribution is 5.81. The van der Waals surface area contributed by atoms with Crippen molar-refractivity contribution in [2.24, 2.45) is 0 Å². The molecule has 29 heavy (non-hydrogen) atoms. The summed E-state index contributed by atoms with van der Waals surface area (Å²) in [7, 11) is 1.78. The second-order valence-electron chi connectivity index (χ2n) is 7.54. The van der Waals surface area contributed by atoms with Gasteiger partial charge in [0, 0.05) is 46.3 Å². The molecule has 1 amide bonds. The summed E-state index contributed by atoms with van der Waals surface area (Å²) < 4.78 is 19.1. The maximum atomic E-state index is 13.4. The number of nitrogens with zero attached hydrogens (tertiary/aromatic N) is 3. The topological polar surface area (TPSA) is 36.0 Å². The molecule has 1 fully saturated rings. The lowest BCUT2D eigenvalue weighted by molar-refractivity contribution is -0.136. The van der Waals surface area contributed by atoms with Crippen LogP contribution in [0, 0.1) is 5.82 Å². The number of carbonyl (C=O) groups excluding carboxylic acids is 1. The Hall–Kier alpha value is -2.44. The molecule has 0 N–H and O–H groups in total. The SMILES string of the molecule is CC(C(=O)N(C)Cc1cccc(F)c1)N1CCN(CCOc2ccccc2)CC1. The number of para-hydroxylation sites is 1. The van der Waals surface area contributed by atoms with E-state index in [-0.39, 0.29) is 17.8 Å². The van der Waals surface area contributed by atoms with Crippen molar-refractivity contribution >= 4 is 5.91 Å². The van der Waals surface area contributed by atoms with Crippen molar-refractivity contribution in [1.82, 2.24) is 14.7 Å². The summed E-state index contributed by atoms with van der Waals surface area (Å²) in [5, 5.41) is 0. The first kappa shape index (κ1) is 21.3. The maximum absolute atomic E-state index is 13.4. The van der Waals surface area contributed by atoms with Crippen molar-refractivity contribution in [2.45, 2.75) is 19.5 Å². The highest BCUT2D eigenvalue weighted by Crippen LogP contribution is 2.12. The Balaban J connectivity index is 1.40. The fourth-order valence-corrected chi connectivity index (χ4v) is 3.65. The lowest BCUT2D eigenvalue weighted by Crippen LogP contribution is -2.54. The summed E-state index contributed by atoms with van der Waals surface area (Å²) in [6.07, 6.45) is 0. The number of carbonyl (C=O) groups is 1. The van der Waals surface area contributed by atoms with Gasteiger partial charge >= 0.3 is 0 Å². The molecule has 1 heterocycles. The molecule has 0 bridgehead atoms. The first-order valence-electron chi connectivity index (χ1n) is 10.2. The smallest absolute Gasteiger partial charge is 0.239 e. The molecule has 1 aliphatic heterocycles. The molecule has 1 saturated heterocycles. The quantitative estimate of drug-likeness (QED) is 0.684. The number of benzene rings is 2.